The Labute approximate surface area is 152 Å². The van der Waals surface area contributed by atoms with E-state index in [1.165, 1.54) is 13.0 Å². The van der Waals surface area contributed by atoms with Crippen LogP contribution in [0, 0.1) is 5.92 Å². The highest BCUT2D eigenvalue weighted by Gasteiger charge is 2.46. The maximum absolute atomic E-state index is 11.2. The molecule has 0 amide bonds. The molecular weight excluding hydrogens is 314 g/mol. The first-order chi connectivity index (χ1) is 12.1. The van der Waals surface area contributed by atoms with E-state index < -0.39 is 6.10 Å². The molecule has 140 valence electrons. The van der Waals surface area contributed by atoms with Gasteiger partial charge in [-0.2, -0.15) is 0 Å². The van der Waals surface area contributed by atoms with Crippen LogP contribution in [0.3, 0.4) is 0 Å². The van der Waals surface area contributed by atoms with E-state index in [1.807, 2.05) is 18.2 Å². The number of ether oxygens (including phenoxy) is 1. The second-order valence-electron chi connectivity index (χ2n) is 7.88. The Bertz CT molecular complexity index is 509. The highest BCUT2D eigenvalue weighted by atomic mass is 16.5. The van der Waals surface area contributed by atoms with Crippen molar-refractivity contribution in [1.82, 2.24) is 14.8 Å². The average molecular weight is 348 g/mol. The van der Waals surface area contributed by atoms with Crippen molar-refractivity contribution in [2.24, 2.45) is 5.92 Å². The van der Waals surface area contributed by atoms with E-state index in [0.29, 0.717) is 0 Å². The molecule has 0 saturated carbocycles. The summed E-state index contributed by atoms with van der Waals surface area (Å²) < 4.78 is 5.62. The van der Waals surface area contributed by atoms with Gasteiger partial charge in [0.15, 0.2) is 0 Å². The maximum atomic E-state index is 11.2. The molecular formula is C20H33N3O2. The highest BCUT2D eigenvalue weighted by molar-refractivity contribution is 5.14. The number of rotatable bonds is 6. The Morgan fingerprint density at radius 2 is 1.88 bits per heavy atom. The summed E-state index contributed by atoms with van der Waals surface area (Å²) in [7, 11) is 0. The van der Waals surface area contributed by atoms with Crippen LogP contribution in [0.1, 0.15) is 44.9 Å². The third-order valence-electron chi connectivity index (χ3n) is 5.86. The van der Waals surface area contributed by atoms with Gasteiger partial charge in [0.05, 0.1) is 11.2 Å². The van der Waals surface area contributed by atoms with Crippen molar-refractivity contribution in [2.75, 3.05) is 45.9 Å². The Morgan fingerprint density at radius 3 is 2.48 bits per heavy atom. The topological polar surface area (TPSA) is 48.8 Å². The van der Waals surface area contributed by atoms with Crippen LogP contribution in [0.2, 0.25) is 0 Å². The van der Waals surface area contributed by atoms with Crippen LogP contribution in [0.15, 0.2) is 24.4 Å². The molecule has 0 bridgehead atoms. The largest absolute Gasteiger partial charge is 0.385 e. The molecule has 5 heteroatoms. The molecule has 2 fully saturated rings. The van der Waals surface area contributed by atoms with Crippen molar-refractivity contribution >= 4 is 0 Å². The lowest BCUT2D eigenvalue weighted by Gasteiger charge is -2.51. The lowest BCUT2D eigenvalue weighted by molar-refractivity contribution is -0.111. The van der Waals surface area contributed by atoms with Gasteiger partial charge < -0.3 is 14.7 Å². The number of hydrogen-bond acceptors (Lipinski definition) is 5. The van der Waals surface area contributed by atoms with E-state index in [0.717, 1.165) is 63.8 Å². The zero-order valence-electron chi connectivity index (χ0n) is 15.7. The number of piperazine rings is 1. The molecule has 1 aromatic heterocycles. The lowest BCUT2D eigenvalue weighted by atomic mass is 9.80. The summed E-state index contributed by atoms with van der Waals surface area (Å²) in [6.07, 6.45) is 4.22. The molecule has 0 radical (unpaired) electrons. The summed E-state index contributed by atoms with van der Waals surface area (Å²) in [5.74, 6) is 0.755. The predicted molar refractivity (Wildman–Crippen MR) is 99.4 cm³/mol. The van der Waals surface area contributed by atoms with E-state index in [1.54, 1.807) is 6.20 Å². The van der Waals surface area contributed by atoms with Crippen molar-refractivity contribution in [3.8, 4) is 0 Å². The van der Waals surface area contributed by atoms with E-state index in [4.69, 9.17) is 4.74 Å². The van der Waals surface area contributed by atoms with Crippen LogP contribution < -0.4 is 0 Å². The van der Waals surface area contributed by atoms with Crippen molar-refractivity contribution in [2.45, 2.75) is 44.8 Å². The van der Waals surface area contributed by atoms with E-state index >= 15 is 0 Å². The van der Waals surface area contributed by atoms with Crippen molar-refractivity contribution in [3.05, 3.63) is 30.1 Å². The molecule has 2 saturated heterocycles. The molecule has 1 unspecified atom stereocenters. The Hall–Kier alpha value is -1.01. The molecule has 0 spiro atoms. The maximum Gasteiger partial charge on any atom is 0.114 e. The van der Waals surface area contributed by atoms with Gasteiger partial charge >= 0.3 is 0 Å². The molecule has 0 aromatic carbocycles. The van der Waals surface area contributed by atoms with E-state index in [2.05, 4.69) is 28.6 Å². The fraction of sp³-hybridized carbons (Fsp3) is 0.750. The fourth-order valence-electron chi connectivity index (χ4n) is 4.16. The molecule has 1 N–H and O–H groups in total. The molecule has 3 rings (SSSR count). The SMILES string of the molecule is CC(C)CCN1CCN(C2(C(O)c3ccccn3)CCOCC2)CC1. The van der Waals surface area contributed by atoms with Crippen molar-refractivity contribution in [1.29, 1.82) is 0 Å². The molecule has 2 aliphatic heterocycles. The summed E-state index contributed by atoms with van der Waals surface area (Å²) in [6, 6.07) is 5.81. The quantitative estimate of drug-likeness (QED) is 0.856. The zero-order valence-corrected chi connectivity index (χ0v) is 15.7. The van der Waals surface area contributed by atoms with Gasteiger partial charge in [0.2, 0.25) is 0 Å². The first-order valence-electron chi connectivity index (χ1n) is 9.76. The normalized spacial score (nSPS) is 23.7. The molecule has 2 aliphatic rings. The number of hydrogen-bond donors (Lipinski definition) is 1. The predicted octanol–water partition coefficient (Wildman–Crippen LogP) is 2.33. The second kappa shape index (κ2) is 8.58. The molecule has 5 nitrogen and oxygen atoms in total. The Morgan fingerprint density at radius 1 is 1.16 bits per heavy atom. The summed E-state index contributed by atoms with van der Waals surface area (Å²) in [5, 5.41) is 11.2. The standard InChI is InChI=1S/C20H33N3O2/c1-17(2)6-10-22-11-13-23(14-12-22)20(7-15-25-16-8-20)19(24)18-5-3-4-9-21-18/h3-5,9,17,19,24H,6-8,10-16H2,1-2H3. The number of nitrogens with zero attached hydrogens (tertiary/aromatic N) is 3. The monoisotopic (exact) mass is 347 g/mol. The van der Waals surface area contributed by atoms with Gasteiger partial charge in [-0.15, -0.1) is 0 Å². The summed E-state index contributed by atoms with van der Waals surface area (Å²) >= 11 is 0. The number of aromatic nitrogens is 1. The molecule has 1 atom stereocenters. The second-order valence-corrected chi connectivity index (χ2v) is 7.88. The van der Waals surface area contributed by atoms with E-state index in [9.17, 15) is 5.11 Å². The van der Waals surface area contributed by atoms with Crippen molar-refractivity contribution < 1.29 is 9.84 Å². The third-order valence-corrected chi connectivity index (χ3v) is 5.86. The van der Waals surface area contributed by atoms with Gasteiger partial charge in [0.1, 0.15) is 6.10 Å². The van der Waals surface area contributed by atoms with Gasteiger partial charge in [0.25, 0.3) is 0 Å². The van der Waals surface area contributed by atoms with Gasteiger partial charge in [-0.3, -0.25) is 9.88 Å². The third kappa shape index (κ3) is 4.40. The number of aliphatic hydroxyl groups excluding tert-OH is 1. The summed E-state index contributed by atoms with van der Waals surface area (Å²) in [6.45, 7) is 11.4. The average Bonchev–Trinajstić information content (AvgIpc) is 2.67. The molecule has 3 heterocycles. The number of pyridine rings is 1. The van der Waals surface area contributed by atoms with Crippen LogP contribution >= 0.6 is 0 Å². The zero-order chi connectivity index (χ0) is 17.7. The first kappa shape index (κ1) is 18.8. The highest BCUT2D eigenvalue weighted by Crippen LogP contribution is 2.39. The molecule has 1 aromatic rings. The lowest BCUT2D eigenvalue weighted by Crippen LogP contribution is -2.61. The van der Waals surface area contributed by atoms with Crippen LogP contribution in [0.25, 0.3) is 0 Å². The van der Waals surface area contributed by atoms with E-state index in [-0.39, 0.29) is 5.54 Å². The summed E-state index contributed by atoms with van der Waals surface area (Å²) in [4.78, 5) is 9.51. The fourth-order valence-corrected chi connectivity index (χ4v) is 4.16. The molecule has 25 heavy (non-hydrogen) atoms. The van der Waals surface area contributed by atoms with Gasteiger partial charge in [-0.05, 0) is 43.9 Å². The van der Waals surface area contributed by atoms with Crippen molar-refractivity contribution in [3.63, 3.8) is 0 Å². The molecule has 0 aliphatic carbocycles. The minimum atomic E-state index is -0.556. The van der Waals surface area contributed by atoms with Gasteiger partial charge in [-0.1, -0.05) is 19.9 Å². The minimum Gasteiger partial charge on any atom is -0.385 e. The first-order valence-corrected chi connectivity index (χ1v) is 9.76. The Balaban J connectivity index is 1.69. The van der Waals surface area contributed by atoms with Crippen LogP contribution in [-0.4, -0.2) is 71.4 Å². The smallest absolute Gasteiger partial charge is 0.114 e. The Kier molecular flexibility index (Phi) is 6.44. The minimum absolute atomic E-state index is 0.239. The number of aliphatic hydroxyl groups is 1. The van der Waals surface area contributed by atoms with Crippen LogP contribution in [0.4, 0.5) is 0 Å². The summed E-state index contributed by atoms with van der Waals surface area (Å²) in [5.41, 5.74) is 0.545. The van der Waals surface area contributed by atoms with Gasteiger partial charge in [-0.25, -0.2) is 0 Å². The van der Waals surface area contributed by atoms with Gasteiger partial charge in [0, 0.05) is 45.6 Å². The van der Waals surface area contributed by atoms with Crippen LogP contribution in [-0.2, 0) is 4.74 Å². The van der Waals surface area contributed by atoms with Crippen LogP contribution in [0.5, 0.6) is 0 Å².